The number of morpholine rings is 1. The van der Waals surface area contributed by atoms with Gasteiger partial charge in [-0.25, -0.2) is 0 Å². The Labute approximate surface area is 116 Å². The van der Waals surface area contributed by atoms with Crippen LogP contribution in [0.3, 0.4) is 0 Å². The highest BCUT2D eigenvalue weighted by molar-refractivity contribution is 5.20. The van der Waals surface area contributed by atoms with Crippen LogP contribution in [-0.4, -0.2) is 43.3 Å². The van der Waals surface area contributed by atoms with Crippen LogP contribution in [0.1, 0.15) is 31.7 Å². The molecule has 0 aromatic heterocycles. The van der Waals surface area contributed by atoms with Gasteiger partial charge in [0.25, 0.3) is 0 Å². The van der Waals surface area contributed by atoms with Gasteiger partial charge in [-0.15, -0.1) is 0 Å². The van der Waals surface area contributed by atoms with Crippen molar-refractivity contribution in [2.45, 2.75) is 38.3 Å². The second kappa shape index (κ2) is 7.04. The second-order valence-electron chi connectivity index (χ2n) is 5.40. The summed E-state index contributed by atoms with van der Waals surface area (Å²) in [5.74, 6) is 0.460. The van der Waals surface area contributed by atoms with Crippen LogP contribution in [0.25, 0.3) is 0 Å². The van der Waals surface area contributed by atoms with Crippen LogP contribution >= 0.6 is 0 Å². The number of nitrogens with two attached hydrogens (primary N) is 1. The molecule has 0 radical (unpaired) electrons. The predicted octanol–water partition coefficient (Wildman–Crippen LogP) is 2.23. The zero-order chi connectivity index (χ0) is 13.7. The van der Waals surface area contributed by atoms with E-state index in [-0.39, 0.29) is 0 Å². The summed E-state index contributed by atoms with van der Waals surface area (Å²) < 4.78 is 5.75. The third-order valence-corrected chi connectivity index (χ3v) is 4.24. The van der Waals surface area contributed by atoms with E-state index in [4.69, 9.17) is 10.5 Å². The Kier molecular flexibility index (Phi) is 5.37. The first-order chi connectivity index (χ1) is 9.26. The lowest BCUT2D eigenvalue weighted by Gasteiger charge is -2.40. The van der Waals surface area contributed by atoms with Gasteiger partial charge >= 0.3 is 0 Å². The fourth-order valence-electron chi connectivity index (χ4n) is 2.94. The Hall–Kier alpha value is -0.900. The summed E-state index contributed by atoms with van der Waals surface area (Å²) >= 11 is 0. The van der Waals surface area contributed by atoms with Gasteiger partial charge in [0.1, 0.15) is 0 Å². The van der Waals surface area contributed by atoms with Crippen molar-refractivity contribution in [1.29, 1.82) is 0 Å². The predicted molar refractivity (Wildman–Crippen MR) is 79.3 cm³/mol. The lowest BCUT2D eigenvalue weighted by Crippen LogP contribution is -2.52. The summed E-state index contributed by atoms with van der Waals surface area (Å²) in [5.41, 5.74) is 7.42. The second-order valence-corrected chi connectivity index (χ2v) is 5.40. The molecule has 1 aromatic rings. The molecule has 2 N–H and O–H groups in total. The van der Waals surface area contributed by atoms with E-state index >= 15 is 0 Å². The van der Waals surface area contributed by atoms with Crippen LogP contribution in [0.2, 0.25) is 0 Å². The molecule has 1 saturated heterocycles. The summed E-state index contributed by atoms with van der Waals surface area (Å²) in [6, 6.07) is 11.1. The van der Waals surface area contributed by atoms with E-state index in [9.17, 15) is 0 Å². The van der Waals surface area contributed by atoms with E-state index < -0.39 is 0 Å². The maximum Gasteiger partial charge on any atom is 0.0700 e. The summed E-state index contributed by atoms with van der Waals surface area (Å²) in [6.07, 6.45) is 1.44. The Balaban J connectivity index is 2.06. The molecule has 3 atom stereocenters. The minimum Gasteiger partial charge on any atom is -0.376 e. The first-order valence-electron chi connectivity index (χ1n) is 7.37. The van der Waals surface area contributed by atoms with Crippen LogP contribution in [0.15, 0.2) is 30.3 Å². The molecule has 3 unspecified atom stereocenters. The number of hydrogen-bond acceptors (Lipinski definition) is 3. The van der Waals surface area contributed by atoms with E-state index in [2.05, 4.69) is 49.1 Å². The van der Waals surface area contributed by atoms with Crippen LogP contribution in [-0.2, 0) is 4.74 Å². The Bertz CT molecular complexity index is 368. The largest absolute Gasteiger partial charge is 0.376 e. The zero-order valence-corrected chi connectivity index (χ0v) is 12.1. The van der Waals surface area contributed by atoms with Crippen molar-refractivity contribution >= 4 is 0 Å². The van der Waals surface area contributed by atoms with Gasteiger partial charge in [-0.05, 0) is 17.9 Å². The Morgan fingerprint density at radius 3 is 2.74 bits per heavy atom. The summed E-state index contributed by atoms with van der Waals surface area (Å²) in [6.45, 7) is 8.00. The third kappa shape index (κ3) is 3.56. The lowest BCUT2D eigenvalue weighted by molar-refractivity contribution is -0.0460. The van der Waals surface area contributed by atoms with Gasteiger partial charge in [0.2, 0.25) is 0 Å². The molecule has 3 nitrogen and oxygen atoms in total. The van der Waals surface area contributed by atoms with E-state index in [0.717, 1.165) is 26.1 Å². The molecule has 0 spiro atoms. The number of hydrogen-bond donors (Lipinski definition) is 1. The highest BCUT2D eigenvalue weighted by Gasteiger charge is 2.28. The Morgan fingerprint density at radius 1 is 1.37 bits per heavy atom. The van der Waals surface area contributed by atoms with Gasteiger partial charge in [0, 0.05) is 25.7 Å². The molecule has 1 aromatic carbocycles. The minimum atomic E-state index is 0.366. The normalized spacial score (nSPS) is 24.1. The molecule has 0 saturated carbocycles. The van der Waals surface area contributed by atoms with Gasteiger partial charge in [-0.1, -0.05) is 44.2 Å². The van der Waals surface area contributed by atoms with Crippen molar-refractivity contribution in [3.05, 3.63) is 35.9 Å². The monoisotopic (exact) mass is 262 g/mol. The van der Waals surface area contributed by atoms with Gasteiger partial charge < -0.3 is 10.5 Å². The van der Waals surface area contributed by atoms with Gasteiger partial charge in [0.15, 0.2) is 0 Å². The van der Waals surface area contributed by atoms with Crippen LogP contribution in [0.5, 0.6) is 0 Å². The summed E-state index contributed by atoms with van der Waals surface area (Å²) in [5, 5.41) is 0. The molecule has 2 rings (SSSR count). The zero-order valence-electron chi connectivity index (χ0n) is 12.1. The molecule has 0 amide bonds. The van der Waals surface area contributed by atoms with Gasteiger partial charge in [-0.2, -0.15) is 0 Å². The average Bonchev–Trinajstić information content (AvgIpc) is 2.49. The van der Waals surface area contributed by atoms with E-state index in [1.165, 1.54) is 5.56 Å². The van der Waals surface area contributed by atoms with Crippen molar-refractivity contribution in [3.63, 3.8) is 0 Å². The van der Waals surface area contributed by atoms with Crippen molar-refractivity contribution in [1.82, 2.24) is 4.90 Å². The first-order valence-corrected chi connectivity index (χ1v) is 7.37. The lowest BCUT2D eigenvalue weighted by atomic mass is 9.91. The van der Waals surface area contributed by atoms with Crippen molar-refractivity contribution in [3.8, 4) is 0 Å². The molecular weight excluding hydrogens is 236 g/mol. The highest BCUT2D eigenvalue weighted by atomic mass is 16.5. The molecule has 1 fully saturated rings. The highest BCUT2D eigenvalue weighted by Crippen LogP contribution is 2.24. The number of benzene rings is 1. The van der Waals surface area contributed by atoms with Gasteiger partial charge in [0.05, 0.1) is 12.7 Å². The number of rotatable bonds is 5. The standard InChI is InChI=1S/C16H26N2O/c1-3-15-12-18(9-10-19-15)16(11-17)13(2)14-7-5-4-6-8-14/h4-8,13,15-16H,3,9-12,17H2,1-2H3. The summed E-state index contributed by atoms with van der Waals surface area (Å²) in [7, 11) is 0. The molecule has 1 aliphatic rings. The van der Waals surface area contributed by atoms with E-state index in [1.54, 1.807) is 0 Å². The first kappa shape index (κ1) is 14.5. The quantitative estimate of drug-likeness (QED) is 0.884. The number of ether oxygens (including phenoxy) is 1. The molecule has 106 valence electrons. The third-order valence-electron chi connectivity index (χ3n) is 4.24. The maximum atomic E-state index is 6.05. The molecular formula is C16H26N2O. The number of nitrogens with zero attached hydrogens (tertiary/aromatic N) is 1. The van der Waals surface area contributed by atoms with E-state index in [1.807, 2.05) is 0 Å². The maximum absolute atomic E-state index is 6.05. The van der Waals surface area contributed by atoms with Crippen molar-refractivity contribution in [2.24, 2.45) is 5.73 Å². The fraction of sp³-hybridized carbons (Fsp3) is 0.625. The fourth-order valence-corrected chi connectivity index (χ4v) is 2.94. The molecule has 19 heavy (non-hydrogen) atoms. The van der Waals surface area contributed by atoms with Crippen LogP contribution in [0, 0.1) is 0 Å². The topological polar surface area (TPSA) is 38.5 Å². The van der Waals surface area contributed by atoms with Crippen molar-refractivity contribution < 1.29 is 4.74 Å². The molecule has 3 heteroatoms. The average molecular weight is 262 g/mol. The van der Waals surface area contributed by atoms with Crippen LogP contribution < -0.4 is 5.73 Å². The molecule has 1 heterocycles. The SMILES string of the molecule is CCC1CN(C(CN)C(C)c2ccccc2)CCO1. The molecule has 0 aliphatic carbocycles. The minimum absolute atomic E-state index is 0.366. The molecule has 1 aliphatic heterocycles. The van der Waals surface area contributed by atoms with Crippen molar-refractivity contribution in [2.75, 3.05) is 26.2 Å². The molecule has 0 bridgehead atoms. The smallest absolute Gasteiger partial charge is 0.0700 e. The van der Waals surface area contributed by atoms with E-state index in [0.29, 0.717) is 24.6 Å². The Morgan fingerprint density at radius 2 is 2.11 bits per heavy atom. The summed E-state index contributed by atoms with van der Waals surface area (Å²) in [4.78, 5) is 2.51. The van der Waals surface area contributed by atoms with Gasteiger partial charge in [-0.3, -0.25) is 4.90 Å². The van der Waals surface area contributed by atoms with Crippen LogP contribution in [0.4, 0.5) is 0 Å².